The largest absolute Gasteiger partial charge is 0.301 e. The maximum absolute atomic E-state index is 8.70. The van der Waals surface area contributed by atoms with Gasteiger partial charge in [-0.3, -0.25) is 0 Å². The molecule has 15 heavy (non-hydrogen) atoms. The van der Waals surface area contributed by atoms with Gasteiger partial charge in [-0.05, 0) is 23.6 Å². The van der Waals surface area contributed by atoms with E-state index < -0.39 is 0 Å². The van der Waals surface area contributed by atoms with Gasteiger partial charge in [-0.2, -0.15) is 10.7 Å². The van der Waals surface area contributed by atoms with E-state index in [4.69, 9.17) is 10.1 Å². The highest BCUT2D eigenvalue weighted by Crippen LogP contribution is 2.03. The lowest BCUT2D eigenvalue weighted by atomic mass is 10.1. The molecule has 0 spiro atoms. The van der Waals surface area contributed by atoms with Crippen LogP contribution in [0.1, 0.15) is 25.0 Å². The summed E-state index contributed by atoms with van der Waals surface area (Å²) in [5, 5.41) is 8.70. The first-order chi connectivity index (χ1) is 7.22. The minimum atomic E-state index is 0.517. The maximum Gasteiger partial charge on any atom is 0.0991 e. The first kappa shape index (κ1) is 11.7. The predicted molar refractivity (Wildman–Crippen MR) is 58.8 cm³/mol. The zero-order valence-electron chi connectivity index (χ0n) is 9.16. The average Bonchev–Trinajstić information content (AvgIpc) is 2.24. The van der Waals surface area contributed by atoms with Crippen LogP contribution in [0.3, 0.4) is 0 Å². The predicted octanol–water partition coefficient (Wildman–Crippen LogP) is 2.24. The highest BCUT2D eigenvalue weighted by Gasteiger charge is 1.96. The van der Waals surface area contributed by atoms with Gasteiger partial charge in [0, 0.05) is 6.54 Å². The summed E-state index contributed by atoms with van der Waals surface area (Å²) in [7, 11) is 0. The average molecular weight is 204 g/mol. The SMILES string of the molecule is CC(C)CONCc1cccc(C#N)c1. The summed E-state index contributed by atoms with van der Waals surface area (Å²) in [6.45, 7) is 5.51. The summed E-state index contributed by atoms with van der Waals surface area (Å²) in [6, 6.07) is 9.59. The molecule has 80 valence electrons. The molecule has 0 unspecified atom stereocenters. The van der Waals surface area contributed by atoms with Crippen molar-refractivity contribution in [3.63, 3.8) is 0 Å². The molecule has 0 atom stereocenters. The molecule has 0 aliphatic carbocycles. The summed E-state index contributed by atoms with van der Waals surface area (Å²) < 4.78 is 0. The fourth-order valence-corrected chi connectivity index (χ4v) is 1.11. The van der Waals surface area contributed by atoms with Crippen molar-refractivity contribution in [2.75, 3.05) is 6.61 Å². The van der Waals surface area contributed by atoms with Gasteiger partial charge in [0.15, 0.2) is 0 Å². The van der Waals surface area contributed by atoms with E-state index in [0.717, 1.165) is 5.56 Å². The molecule has 1 N–H and O–H groups in total. The molecule has 0 aliphatic heterocycles. The van der Waals surface area contributed by atoms with E-state index in [1.807, 2.05) is 18.2 Å². The van der Waals surface area contributed by atoms with Crippen molar-refractivity contribution in [1.82, 2.24) is 5.48 Å². The second-order valence-electron chi connectivity index (χ2n) is 3.84. The highest BCUT2D eigenvalue weighted by atomic mass is 16.6. The summed E-state index contributed by atoms with van der Waals surface area (Å²) >= 11 is 0. The van der Waals surface area contributed by atoms with Gasteiger partial charge in [0.25, 0.3) is 0 Å². The van der Waals surface area contributed by atoms with Crippen LogP contribution < -0.4 is 5.48 Å². The minimum absolute atomic E-state index is 0.517. The molecular weight excluding hydrogens is 188 g/mol. The quantitative estimate of drug-likeness (QED) is 0.591. The Hall–Kier alpha value is -1.37. The number of nitrogens with one attached hydrogen (secondary N) is 1. The third-order valence-corrected chi connectivity index (χ3v) is 1.85. The molecule has 3 heteroatoms. The van der Waals surface area contributed by atoms with Crippen LogP contribution in [-0.2, 0) is 11.4 Å². The van der Waals surface area contributed by atoms with Crippen molar-refractivity contribution in [2.24, 2.45) is 5.92 Å². The Morgan fingerprint density at radius 2 is 2.27 bits per heavy atom. The Balaban J connectivity index is 2.35. The molecule has 1 rings (SSSR count). The van der Waals surface area contributed by atoms with Crippen molar-refractivity contribution < 1.29 is 4.84 Å². The first-order valence-electron chi connectivity index (χ1n) is 5.06. The summed E-state index contributed by atoms with van der Waals surface area (Å²) in [5.41, 5.74) is 4.61. The third kappa shape index (κ3) is 4.59. The number of nitrogens with zero attached hydrogens (tertiary/aromatic N) is 1. The normalized spacial score (nSPS) is 10.3. The Kier molecular flexibility index (Phi) is 4.82. The third-order valence-electron chi connectivity index (χ3n) is 1.85. The number of hydrogen-bond acceptors (Lipinski definition) is 3. The number of benzene rings is 1. The maximum atomic E-state index is 8.70. The zero-order valence-corrected chi connectivity index (χ0v) is 9.16. The minimum Gasteiger partial charge on any atom is -0.301 e. The van der Waals surface area contributed by atoms with Gasteiger partial charge in [-0.1, -0.05) is 26.0 Å². The van der Waals surface area contributed by atoms with Gasteiger partial charge in [-0.15, -0.1) is 0 Å². The van der Waals surface area contributed by atoms with Crippen LogP contribution in [-0.4, -0.2) is 6.61 Å². The van der Waals surface area contributed by atoms with Crippen LogP contribution >= 0.6 is 0 Å². The Morgan fingerprint density at radius 3 is 2.93 bits per heavy atom. The number of hydroxylamine groups is 1. The van der Waals surface area contributed by atoms with Crippen LogP contribution in [0.15, 0.2) is 24.3 Å². The highest BCUT2D eigenvalue weighted by molar-refractivity contribution is 5.32. The molecule has 0 heterocycles. The summed E-state index contributed by atoms with van der Waals surface area (Å²) in [6.07, 6.45) is 0. The molecule has 0 bridgehead atoms. The number of hydrogen-bond donors (Lipinski definition) is 1. The topological polar surface area (TPSA) is 45.0 Å². The van der Waals surface area contributed by atoms with Gasteiger partial charge < -0.3 is 4.84 Å². The van der Waals surface area contributed by atoms with Crippen LogP contribution in [0.25, 0.3) is 0 Å². The summed E-state index contributed by atoms with van der Waals surface area (Å²) in [4.78, 5) is 5.24. The number of rotatable bonds is 5. The monoisotopic (exact) mass is 204 g/mol. The van der Waals surface area contributed by atoms with Crippen molar-refractivity contribution in [1.29, 1.82) is 5.26 Å². The Morgan fingerprint density at radius 1 is 1.47 bits per heavy atom. The van der Waals surface area contributed by atoms with Crippen LogP contribution in [0.2, 0.25) is 0 Å². The van der Waals surface area contributed by atoms with Crippen molar-refractivity contribution >= 4 is 0 Å². The van der Waals surface area contributed by atoms with Crippen molar-refractivity contribution in [3.8, 4) is 6.07 Å². The molecule has 0 aliphatic rings. The molecule has 1 aromatic rings. The molecule has 0 aromatic heterocycles. The van der Waals surface area contributed by atoms with Gasteiger partial charge in [0.1, 0.15) is 0 Å². The Bertz CT molecular complexity index is 342. The first-order valence-corrected chi connectivity index (χ1v) is 5.06. The van der Waals surface area contributed by atoms with Crippen molar-refractivity contribution in [3.05, 3.63) is 35.4 Å². The molecule has 1 aromatic carbocycles. The smallest absolute Gasteiger partial charge is 0.0991 e. The van der Waals surface area contributed by atoms with Gasteiger partial charge in [-0.25, -0.2) is 0 Å². The van der Waals surface area contributed by atoms with E-state index in [-0.39, 0.29) is 0 Å². The molecule has 0 saturated carbocycles. The fourth-order valence-electron chi connectivity index (χ4n) is 1.11. The molecule has 0 saturated heterocycles. The molecule has 0 radical (unpaired) electrons. The van der Waals surface area contributed by atoms with Crippen molar-refractivity contribution in [2.45, 2.75) is 20.4 Å². The zero-order chi connectivity index (χ0) is 11.1. The van der Waals surface area contributed by atoms with E-state index >= 15 is 0 Å². The van der Waals surface area contributed by atoms with E-state index in [1.165, 1.54) is 0 Å². The molecule has 0 fully saturated rings. The van der Waals surface area contributed by atoms with E-state index in [0.29, 0.717) is 24.6 Å². The van der Waals surface area contributed by atoms with Gasteiger partial charge in [0.05, 0.1) is 18.2 Å². The molecular formula is C12H16N2O. The van der Waals surface area contributed by atoms with Crippen LogP contribution in [0.5, 0.6) is 0 Å². The lowest BCUT2D eigenvalue weighted by Gasteiger charge is -2.07. The lowest BCUT2D eigenvalue weighted by Crippen LogP contribution is -2.17. The number of nitriles is 1. The summed E-state index contributed by atoms with van der Waals surface area (Å²) in [5.74, 6) is 0.517. The molecule has 3 nitrogen and oxygen atoms in total. The van der Waals surface area contributed by atoms with E-state index in [1.54, 1.807) is 6.07 Å². The standard InChI is InChI=1S/C12H16N2O/c1-10(2)9-15-14-8-12-5-3-4-11(6-12)7-13/h3-6,10,14H,8-9H2,1-2H3. The Labute approximate surface area is 90.6 Å². The van der Waals surface area contributed by atoms with Gasteiger partial charge >= 0.3 is 0 Å². The van der Waals surface area contributed by atoms with E-state index in [9.17, 15) is 0 Å². The van der Waals surface area contributed by atoms with Crippen LogP contribution in [0, 0.1) is 17.2 Å². The van der Waals surface area contributed by atoms with Gasteiger partial charge in [0.2, 0.25) is 0 Å². The molecule has 0 amide bonds. The van der Waals surface area contributed by atoms with E-state index in [2.05, 4.69) is 25.4 Å². The second-order valence-corrected chi connectivity index (χ2v) is 3.84. The van der Waals surface area contributed by atoms with Crippen LogP contribution in [0.4, 0.5) is 0 Å². The second kappa shape index (κ2) is 6.18. The lowest BCUT2D eigenvalue weighted by molar-refractivity contribution is 0.0196. The fraction of sp³-hybridized carbons (Fsp3) is 0.417.